The first-order chi connectivity index (χ1) is 5.38. The van der Waals surface area contributed by atoms with Gasteiger partial charge < -0.3 is 4.74 Å². The highest BCUT2D eigenvalue weighted by atomic mass is 16.6. The van der Waals surface area contributed by atoms with Crippen LogP contribution in [0.15, 0.2) is 10.2 Å². The van der Waals surface area contributed by atoms with E-state index in [2.05, 4.69) is 20.1 Å². The Balaban J connectivity index is 2.15. The topological polar surface area (TPSA) is 110 Å². The van der Waals surface area contributed by atoms with Crippen molar-refractivity contribution in [2.75, 3.05) is 13.1 Å². The van der Waals surface area contributed by atoms with Crippen molar-refractivity contribution in [2.45, 2.75) is 12.2 Å². The lowest BCUT2D eigenvalue weighted by atomic mass is 10.3. The molecule has 0 saturated carbocycles. The Labute approximate surface area is 62.2 Å². The molecule has 58 valence electrons. The van der Waals surface area contributed by atoms with Crippen LogP contribution in [-0.4, -0.2) is 25.3 Å². The highest BCUT2D eigenvalue weighted by molar-refractivity contribution is 4.88. The largest absolute Gasteiger partial charge is 0.369 e. The molecule has 1 heterocycles. The molecule has 11 heavy (non-hydrogen) atoms. The Morgan fingerprint density at radius 1 is 1.09 bits per heavy atom. The van der Waals surface area contributed by atoms with E-state index >= 15 is 0 Å². The van der Waals surface area contributed by atoms with E-state index in [1.807, 2.05) is 0 Å². The van der Waals surface area contributed by atoms with Gasteiger partial charge in [0, 0.05) is 9.82 Å². The molecular weight excluding hydrogens is 148 g/mol. The predicted octanol–water partition coefficient (Wildman–Crippen LogP) is 1.37. The first kappa shape index (κ1) is 7.68. The predicted molar refractivity (Wildman–Crippen MR) is 36.7 cm³/mol. The number of epoxide rings is 1. The van der Waals surface area contributed by atoms with Gasteiger partial charge in [-0.15, -0.1) is 0 Å². The van der Waals surface area contributed by atoms with Crippen LogP contribution in [0.1, 0.15) is 0 Å². The maximum absolute atomic E-state index is 7.93. The van der Waals surface area contributed by atoms with Crippen LogP contribution in [-0.2, 0) is 4.74 Å². The van der Waals surface area contributed by atoms with Gasteiger partial charge in [0.25, 0.3) is 0 Å². The zero-order valence-electron chi connectivity index (χ0n) is 5.66. The molecule has 0 aromatic rings. The fourth-order valence-corrected chi connectivity index (χ4v) is 0.734. The maximum Gasteiger partial charge on any atom is 0.0899 e. The molecule has 7 heteroatoms. The average molecular weight is 154 g/mol. The molecule has 2 unspecified atom stereocenters. The molecule has 1 saturated heterocycles. The molecular formula is C4H6N6O. The van der Waals surface area contributed by atoms with E-state index < -0.39 is 0 Å². The Morgan fingerprint density at radius 2 is 1.55 bits per heavy atom. The van der Waals surface area contributed by atoms with Crippen molar-refractivity contribution in [1.82, 2.24) is 0 Å². The molecule has 0 spiro atoms. The van der Waals surface area contributed by atoms with Gasteiger partial charge in [-0.2, -0.15) is 0 Å². The van der Waals surface area contributed by atoms with E-state index in [1.54, 1.807) is 0 Å². The number of hydrogen-bond acceptors (Lipinski definition) is 3. The van der Waals surface area contributed by atoms with Crippen LogP contribution in [0, 0.1) is 0 Å². The number of rotatable bonds is 4. The van der Waals surface area contributed by atoms with Crippen LogP contribution >= 0.6 is 0 Å². The Kier molecular flexibility index (Phi) is 2.57. The minimum atomic E-state index is -0.0450. The van der Waals surface area contributed by atoms with Gasteiger partial charge >= 0.3 is 0 Å². The number of nitrogens with zero attached hydrogens (tertiary/aromatic N) is 6. The number of hydrogen-bond donors (Lipinski definition) is 0. The Bertz CT molecular complexity index is 203. The Morgan fingerprint density at radius 3 is 1.91 bits per heavy atom. The van der Waals surface area contributed by atoms with Crippen molar-refractivity contribution in [1.29, 1.82) is 0 Å². The second kappa shape index (κ2) is 3.68. The standard InChI is InChI=1S/C4H6N6O/c5-9-7-1-3-4(11-3)2-8-10-6/h3-4H,1-2H2. The molecule has 0 N–H and O–H groups in total. The van der Waals surface area contributed by atoms with E-state index in [4.69, 9.17) is 15.8 Å². The number of azide groups is 2. The average Bonchev–Trinajstić information content (AvgIpc) is 2.76. The summed E-state index contributed by atoms with van der Waals surface area (Å²) in [5, 5.41) is 6.63. The molecule has 0 bridgehead atoms. The van der Waals surface area contributed by atoms with Gasteiger partial charge in [0.1, 0.15) is 0 Å². The van der Waals surface area contributed by atoms with Crippen molar-refractivity contribution in [3.8, 4) is 0 Å². The molecule has 7 nitrogen and oxygen atoms in total. The second-order valence-electron chi connectivity index (χ2n) is 2.04. The zero-order chi connectivity index (χ0) is 8.10. The smallest absolute Gasteiger partial charge is 0.0899 e. The van der Waals surface area contributed by atoms with E-state index in [0.29, 0.717) is 13.1 Å². The van der Waals surface area contributed by atoms with Crippen LogP contribution in [0.4, 0.5) is 0 Å². The summed E-state index contributed by atoms with van der Waals surface area (Å²) in [7, 11) is 0. The molecule has 1 fully saturated rings. The molecule has 1 rings (SSSR count). The molecule has 0 aromatic carbocycles. The monoisotopic (exact) mass is 154 g/mol. The fourth-order valence-electron chi connectivity index (χ4n) is 0.734. The summed E-state index contributed by atoms with van der Waals surface area (Å²) >= 11 is 0. The summed E-state index contributed by atoms with van der Waals surface area (Å²) in [5.41, 5.74) is 15.9. The Hall–Kier alpha value is -1.42. The fraction of sp³-hybridized carbons (Fsp3) is 1.00. The van der Waals surface area contributed by atoms with E-state index in [-0.39, 0.29) is 12.2 Å². The van der Waals surface area contributed by atoms with Crippen molar-refractivity contribution in [3.05, 3.63) is 20.9 Å². The molecule has 0 aliphatic carbocycles. The van der Waals surface area contributed by atoms with E-state index in [9.17, 15) is 0 Å². The van der Waals surface area contributed by atoms with Crippen molar-refractivity contribution >= 4 is 0 Å². The molecule has 0 amide bonds. The molecule has 0 aromatic heterocycles. The van der Waals surface area contributed by atoms with Gasteiger partial charge in [-0.25, -0.2) is 0 Å². The third kappa shape index (κ3) is 2.35. The van der Waals surface area contributed by atoms with Crippen LogP contribution in [0.3, 0.4) is 0 Å². The van der Waals surface area contributed by atoms with Crippen LogP contribution in [0.5, 0.6) is 0 Å². The van der Waals surface area contributed by atoms with Gasteiger partial charge in [-0.05, 0) is 11.1 Å². The molecule has 2 atom stereocenters. The van der Waals surface area contributed by atoms with Crippen LogP contribution in [0.25, 0.3) is 20.9 Å². The second-order valence-corrected chi connectivity index (χ2v) is 2.04. The lowest BCUT2D eigenvalue weighted by Crippen LogP contribution is -1.99. The van der Waals surface area contributed by atoms with Gasteiger partial charge in [0.05, 0.1) is 25.3 Å². The van der Waals surface area contributed by atoms with Gasteiger partial charge in [-0.1, -0.05) is 10.2 Å². The summed E-state index contributed by atoms with van der Waals surface area (Å²) in [6.07, 6.45) is -0.0900. The summed E-state index contributed by atoms with van der Waals surface area (Å²) in [4.78, 5) is 5.14. The minimum Gasteiger partial charge on any atom is -0.369 e. The minimum absolute atomic E-state index is 0.0450. The maximum atomic E-state index is 7.93. The summed E-state index contributed by atoms with van der Waals surface area (Å²) < 4.78 is 4.99. The first-order valence-corrected chi connectivity index (χ1v) is 3.05. The normalized spacial score (nSPS) is 26.5. The van der Waals surface area contributed by atoms with Crippen LogP contribution < -0.4 is 0 Å². The van der Waals surface area contributed by atoms with Gasteiger partial charge in [-0.3, -0.25) is 0 Å². The highest BCUT2D eigenvalue weighted by Gasteiger charge is 2.36. The van der Waals surface area contributed by atoms with Crippen LogP contribution in [0.2, 0.25) is 0 Å². The molecule has 1 aliphatic rings. The number of ether oxygens (including phenoxy) is 1. The van der Waals surface area contributed by atoms with Gasteiger partial charge in [0.15, 0.2) is 0 Å². The third-order valence-electron chi connectivity index (χ3n) is 1.34. The summed E-state index contributed by atoms with van der Waals surface area (Å²) in [6.45, 7) is 0.643. The first-order valence-electron chi connectivity index (χ1n) is 3.05. The SMILES string of the molecule is [N-]=[N+]=NCC1OC1CN=[N+]=[N-]. The van der Waals surface area contributed by atoms with E-state index in [1.165, 1.54) is 0 Å². The molecule has 0 radical (unpaired) electrons. The van der Waals surface area contributed by atoms with E-state index in [0.717, 1.165) is 0 Å². The summed E-state index contributed by atoms with van der Waals surface area (Å²) in [6, 6.07) is 0. The van der Waals surface area contributed by atoms with Crippen molar-refractivity contribution in [2.24, 2.45) is 10.2 Å². The van der Waals surface area contributed by atoms with Gasteiger partial charge in [0.2, 0.25) is 0 Å². The van der Waals surface area contributed by atoms with Crippen molar-refractivity contribution in [3.63, 3.8) is 0 Å². The van der Waals surface area contributed by atoms with Crippen molar-refractivity contribution < 1.29 is 4.74 Å². The zero-order valence-corrected chi connectivity index (χ0v) is 5.66. The lowest BCUT2D eigenvalue weighted by Gasteiger charge is -1.80. The molecule has 1 aliphatic heterocycles. The third-order valence-corrected chi connectivity index (χ3v) is 1.34. The summed E-state index contributed by atoms with van der Waals surface area (Å²) in [5.74, 6) is 0. The lowest BCUT2D eigenvalue weighted by molar-refractivity contribution is 0.375. The quantitative estimate of drug-likeness (QED) is 0.259. The highest BCUT2D eigenvalue weighted by Crippen LogP contribution is 2.22.